The summed E-state index contributed by atoms with van der Waals surface area (Å²) >= 11 is 0. The third-order valence-electron chi connectivity index (χ3n) is 8.50. The van der Waals surface area contributed by atoms with Crippen molar-refractivity contribution in [1.82, 2.24) is 4.31 Å². The van der Waals surface area contributed by atoms with Crippen molar-refractivity contribution in [3.63, 3.8) is 0 Å². The Morgan fingerprint density at radius 2 is 1.42 bits per heavy atom. The van der Waals surface area contributed by atoms with Crippen molar-refractivity contribution >= 4 is 16.0 Å². The van der Waals surface area contributed by atoms with E-state index in [1.54, 1.807) is 20.9 Å². The molecule has 7 heteroatoms. The lowest BCUT2D eigenvalue weighted by Crippen LogP contribution is -2.42. The van der Waals surface area contributed by atoms with Crippen molar-refractivity contribution in [2.24, 2.45) is 11.8 Å². The van der Waals surface area contributed by atoms with E-state index in [2.05, 4.69) is 6.07 Å². The van der Waals surface area contributed by atoms with Gasteiger partial charge in [-0.2, -0.15) is 4.31 Å². The summed E-state index contributed by atoms with van der Waals surface area (Å²) in [4.78, 5) is 13.7. The summed E-state index contributed by atoms with van der Waals surface area (Å²) in [5.41, 5.74) is 5.05. The van der Waals surface area contributed by atoms with Crippen LogP contribution in [0.15, 0.2) is 41.3 Å². The fourth-order valence-corrected chi connectivity index (χ4v) is 7.91. The Labute approximate surface area is 228 Å². The number of ether oxygens (including phenoxy) is 1. The van der Waals surface area contributed by atoms with E-state index in [4.69, 9.17) is 4.74 Å². The number of benzene rings is 2. The molecule has 6 nitrogen and oxygen atoms in total. The highest BCUT2D eigenvalue weighted by molar-refractivity contribution is 7.89. The molecule has 0 aromatic heterocycles. The first kappa shape index (κ1) is 28.8. The molecule has 0 unspecified atom stereocenters. The maximum atomic E-state index is 14.4. The fraction of sp³-hybridized carbons (Fsp3) is 0.581. The van der Waals surface area contributed by atoms with Crippen LogP contribution in [-0.2, 0) is 45.2 Å². The minimum atomic E-state index is -3.87. The number of sulfonamides is 1. The van der Waals surface area contributed by atoms with Crippen LogP contribution in [0.4, 0.5) is 0 Å². The number of hydrogen-bond donors (Lipinski definition) is 1. The molecule has 0 saturated carbocycles. The van der Waals surface area contributed by atoms with E-state index in [-0.39, 0.29) is 5.92 Å². The Bertz CT molecular complexity index is 1210. The first-order valence-electron chi connectivity index (χ1n) is 14.1. The normalized spacial score (nSPS) is 18.8. The van der Waals surface area contributed by atoms with Gasteiger partial charge in [-0.05, 0) is 98.9 Å². The van der Waals surface area contributed by atoms with Crippen molar-refractivity contribution in [3.8, 4) is 0 Å². The molecule has 1 N–H and O–H groups in total. The number of aliphatic hydroxyl groups is 1. The van der Waals surface area contributed by atoms with Crippen LogP contribution in [0.3, 0.4) is 0 Å². The summed E-state index contributed by atoms with van der Waals surface area (Å²) in [6.07, 6.45) is 5.89. The van der Waals surface area contributed by atoms with E-state index in [0.717, 1.165) is 68.1 Å². The van der Waals surface area contributed by atoms with Crippen molar-refractivity contribution in [2.45, 2.75) is 102 Å². The van der Waals surface area contributed by atoms with Crippen LogP contribution < -0.4 is 0 Å². The predicted molar refractivity (Wildman–Crippen MR) is 149 cm³/mol. The molecule has 2 aliphatic carbocycles. The standard InChI is InChI=1S/C31H43NO5S/c1-20(2)28(33)21(3)31(34)37-29(23-13-7-6-8-14-23)22(4)32(5)38(35,36)30-26-17-11-9-15-24(26)19-25-16-10-12-18-27(25)30/h6-8,13-14,19-22,28-29,33H,9-12,15-18H2,1-5H3/t21-,22+,28+,29+/m1/s1. The van der Waals surface area contributed by atoms with Gasteiger partial charge in [-0.15, -0.1) is 0 Å². The molecular formula is C31H43NO5S. The molecule has 0 fully saturated rings. The maximum Gasteiger partial charge on any atom is 0.311 e. The van der Waals surface area contributed by atoms with Gasteiger partial charge < -0.3 is 9.84 Å². The summed E-state index contributed by atoms with van der Waals surface area (Å²) < 4.78 is 36.2. The molecule has 2 aromatic carbocycles. The number of hydrogen-bond acceptors (Lipinski definition) is 5. The maximum absolute atomic E-state index is 14.4. The topological polar surface area (TPSA) is 83.9 Å². The highest BCUT2D eigenvalue weighted by Gasteiger charge is 2.39. The lowest BCUT2D eigenvalue weighted by atomic mass is 9.83. The Balaban J connectivity index is 1.72. The van der Waals surface area contributed by atoms with E-state index in [0.29, 0.717) is 4.90 Å². The van der Waals surface area contributed by atoms with Gasteiger partial charge in [-0.25, -0.2) is 8.42 Å². The zero-order valence-electron chi connectivity index (χ0n) is 23.4. The van der Waals surface area contributed by atoms with Crippen LogP contribution in [0.25, 0.3) is 0 Å². The molecule has 208 valence electrons. The number of fused-ring (bicyclic) bond motifs is 2. The van der Waals surface area contributed by atoms with Crippen molar-refractivity contribution in [2.75, 3.05) is 7.05 Å². The van der Waals surface area contributed by atoms with E-state index in [9.17, 15) is 18.3 Å². The van der Waals surface area contributed by atoms with Crippen molar-refractivity contribution in [1.29, 1.82) is 0 Å². The van der Waals surface area contributed by atoms with Gasteiger partial charge >= 0.3 is 5.97 Å². The Morgan fingerprint density at radius 1 is 0.895 bits per heavy atom. The Kier molecular flexibility index (Phi) is 9.00. The minimum absolute atomic E-state index is 0.108. The summed E-state index contributed by atoms with van der Waals surface area (Å²) in [5.74, 6) is -1.38. The molecule has 2 aliphatic rings. The van der Waals surface area contributed by atoms with Crippen molar-refractivity contribution < 1.29 is 23.1 Å². The lowest BCUT2D eigenvalue weighted by molar-refractivity contribution is -0.161. The van der Waals surface area contributed by atoms with Crippen LogP contribution in [0.5, 0.6) is 0 Å². The molecule has 0 heterocycles. The molecule has 0 bridgehead atoms. The summed E-state index contributed by atoms with van der Waals surface area (Å²) in [6.45, 7) is 7.16. The number of carbonyl (C=O) groups is 1. The highest BCUT2D eigenvalue weighted by atomic mass is 32.2. The zero-order chi connectivity index (χ0) is 27.6. The van der Waals surface area contributed by atoms with Gasteiger partial charge in [-0.3, -0.25) is 4.79 Å². The molecule has 2 aromatic rings. The second-order valence-corrected chi connectivity index (χ2v) is 13.4. The number of likely N-dealkylation sites (N-methyl/N-ethyl adjacent to an activating group) is 1. The number of aliphatic hydroxyl groups excluding tert-OH is 1. The molecule has 0 aliphatic heterocycles. The number of esters is 1. The molecule has 38 heavy (non-hydrogen) atoms. The van der Waals surface area contributed by atoms with E-state index in [1.165, 1.54) is 15.4 Å². The van der Waals surface area contributed by atoms with Gasteiger partial charge in [0.1, 0.15) is 6.10 Å². The van der Waals surface area contributed by atoms with Crippen LogP contribution in [0.1, 0.15) is 87.3 Å². The predicted octanol–water partition coefficient (Wildman–Crippen LogP) is 5.39. The van der Waals surface area contributed by atoms with Crippen LogP contribution in [0.2, 0.25) is 0 Å². The second kappa shape index (κ2) is 11.9. The first-order chi connectivity index (χ1) is 18.0. The average Bonchev–Trinajstić information content (AvgIpc) is 2.92. The third kappa shape index (κ3) is 5.70. The van der Waals surface area contributed by atoms with Gasteiger partial charge in [0.15, 0.2) is 0 Å². The SMILES string of the molecule is CC(C)[C@H](O)[C@@H](C)C(=O)O[C@H](c1ccccc1)[C@H](C)N(C)S(=O)(=O)c1c2c(cc3c1CCCC3)CCCC2. The fourth-order valence-electron chi connectivity index (χ4n) is 5.99. The number of carbonyl (C=O) groups excluding carboxylic acids is 1. The summed E-state index contributed by atoms with van der Waals surface area (Å²) in [7, 11) is -2.26. The van der Waals surface area contributed by atoms with E-state index in [1.807, 2.05) is 44.2 Å². The third-order valence-corrected chi connectivity index (χ3v) is 10.6. The Hall–Kier alpha value is -2.22. The van der Waals surface area contributed by atoms with Crippen LogP contribution >= 0.6 is 0 Å². The summed E-state index contributed by atoms with van der Waals surface area (Å²) in [5, 5.41) is 10.5. The van der Waals surface area contributed by atoms with Gasteiger partial charge in [0.25, 0.3) is 0 Å². The molecular weight excluding hydrogens is 498 g/mol. The number of aryl methyl sites for hydroxylation is 2. The largest absolute Gasteiger partial charge is 0.455 e. The molecule has 4 rings (SSSR count). The van der Waals surface area contributed by atoms with Gasteiger partial charge in [-0.1, -0.05) is 50.2 Å². The van der Waals surface area contributed by atoms with Crippen molar-refractivity contribution in [3.05, 3.63) is 64.2 Å². The minimum Gasteiger partial charge on any atom is -0.455 e. The highest BCUT2D eigenvalue weighted by Crippen LogP contribution is 2.39. The quantitative estimate of drug-likeness (QED) is 0.430. The van der Waals surface area contributed by atoms with Gasteiger partial charge in [0.2, 0.25) is 10.0 Å². The second-order valence-electron chi connectivity index (χ2n) is 11.4. The first-order valence-corrected chi connectivity index (χ1v) is 15.6. The van der Waals surface area contributed by atoms with E-state index >= 15 is 0 Å². The molecule has 0 radical (unpaired) electrons. The lowest BCUT2D eigenvalue weighted by Gasteiger charge is -2.35. The van der Waals surface area contributed by atoms with Gasteiger partial charge in [0.05, 0.1) is 23.0 Å². The summed E-state index contributed by atoms with van der Waals surface area (Å²) in [6, 6.07) is 10.9. The van der Waals surface area contributed by atoms with E-state index < -0.39 is 40.2 Å². The van der Waals surface area contributed by atoms with Crippen LogP contribution in [-0.4, -0.2) is 43.0 Å². The van der Waals surface area contributed by atoms with Crippen LogP contribution in [0, 0.1) is 11.8 Å². The number of nitrogens with zero attached hydrogens (tertiary/aromatic N) is 1. The Morgan fingerprint density at radius 3 is 1.95 bits per heavy atom. The number of rotatable bonds is 9. The molecule has 0 saturated heterocycles. The molecule has 4 atom stereocenters. The van der Waals surface area contributed by atoms with Gasteiger partial charge in [0, 0.05) is 7.05 Å². The molecule has 0 spiro atoms. The smallest absolute Gasteiger partial charge is 0.311 e. The zero-order valence-corrected chi connectivity index (χ0v) is 24.3. The average molecular weight is 542 g/mol. The monoisotopic (exact) mass is 541 g/mol. The molecule has 0 amide bonds.